The van der Waals surface area contributed by atoms with Crippen molar-refractivity contribution in [1.29, 1.82) is 0 Å². The van der Waals surface area contributed by atoms with Crippen LogP contribution < -0.4 is 10.6 Å². The lowest BCUT2D eigenvalue weighted by Gasteiger charge is -2.10. The second kappa shape index (κ2) is 7.27. The molecule has 0 spiro atoms. The summed E-state index contributed by atoms with van der Waals surface area (Å²) in [7, 11) is 0. The van der Waals surface area contributed by atoms with E-state index in [9.17, 15) is 4.79 Å². The molecule has 0 saturated carbocycles. The van der Waals surface area contributed by atoms with Crippen molar-refractivity contribution < 1.29 is 4.79 Å². The summed E-state index contributed by atoms with van der Waals surface area (Å²) in [5, 5.41) is 7.77. The van der Waals surface area contributed by atoms with Crippen molar-refractivity contribution in [1.82, 2.24) is 10.3 Å². The first-order valence-electron chi connectivity index (χ1n) is 7.73. The topological polar surface area (TPSA) is 54.0 Å². The van der Waals surface area contributed by atoms with Gasteiger partial charge in [-0.1, -0.05) is 12.1 Å². The smallest absolute Gasteiger partial charge is 0.319 e. The molecule has 0 bridgehead atoms. The molecule has 2 N–H and O–H groups in total. The zero-order valence-corrected chi connectivity index (χ0v) is 14.5. The largest absolute Gasteiger partial charge is 0.334 e. The van der Waals surface area contributed by atoms with Gasteiger partial charge in [0.25, 0.3) is 0 Å². The van der Waals surface area contributed by atoms with Gasteiger partial charge in [0.1, 0.15) is 0 Å². The Balaban J connectivity index is 1.60. The molecule has 0 fully saturated rings. The molecule has 24 heavy (non-hydrogen) atoms. The molecule has 4 nitrogen and oxygen atoms in total. The first-order chi connectivity index (χ1) is 11.6. The number of pyridine rings is 1. The van der Waals surface area contributed by atoms with E-state index < -0.39 is 0 Å². The lowest BCUT2D eigenvalue weighted by atomic mass is 10.1. The van der Waals surface area contributed by atoms with Crippen molar-refractivity contribution in [2.45, 2.75) is 20.4 Å². The minimum absolute atomic E-state index is 0.215. The number of hydrogen-bond donors (Lipinski definition) is 2. The lowest BCUT2D eigenvalue weighted by molar-refractivity contribution is 0.251. The van der Waals surface area contributed by atoms with Gasteiger partial charge in [-0.05, 0) is 66.2 Å². The number of nitrogens with one attached hydrogen (secondary N) is 2. The molecule has 5 heteroatoms. The standard InChI is InChI=1S/C19H19N3OS/c1-13-5-6-16(10-14(13)2)22-19(23)21-12-15-7-8-20-17(11-15)18-4-3-9-24-18/h3-11H,12H2,1-2H3,(H2,21,22,23). The molecule has 0 aliphatic carbocycles. The highest BCUT2D eigenvalue weighted by Gasteiger charge is 2.05. The SMILES string of the molecule is Cc1ccc(NC(=O)NCc2ccnc(-c3cccs3)c2)cc1C. The second-order valence-electron chi connectivity index (χ2n) is 5.63. The Morgan fingerprint density at radius 2 is 2.00 bits per heavy atom. The first kappa shape index (κ1) is 16.2. The van der Waals surface area contributed by atoms with Gasteiger partial charge < -0.3 is 10.6 Å². The van der Waals surface area contributed by atoms with Gasteiger partial charge in [-0.3, -0.25) is 4.98 Å². The van der Waals surface area contributed by atoms with Crippen LogP contribution in [0.25, 0.3) is 10.6 Å². The molecule has 0 atom stereocenters. The molecule has 3 aromatic rings. The molecule has 122 valence electrons. The van der Waals surface area contributed by atoms with Crippen LogP contribution in [-0.2, 0) is 6.54 Å². The Labute approximate surface area is 145 Å². The summed E-state index contributed by atoms with van der Waals surface area (Å²) in [6.45, 7) is 4.53. The number of nitrogens with zero attached hydrogens (tertiary/aromatic N) is 1. The Morgan fingerprint density at radius 1 is 1.12 bits per heavy atom. The Hall–Kier alpha value is -2.66. The normalized spacial score (nSPS) is 10.4. The van der Waals surface area contributed by atoms with Crippen LogP contribution in [-0.4, -0.2) is 11.0 Å². The van der Waals surface area contributed by atoms with Gasteiger partial charge in [-0.2, -0.15) is 0 Å². The number of hydrogen-bond acceptors (Lipinski definition) is 3. The predicted molar refractivity (Wildman–Crippen MR) is 99.3 cm³/mol. The highest BCUT2D eigenvalue weighted by atomic mass is 32.1. The van der Waals surface area contributed by atoms with Crippen molar-refractivity contribution in [2.75, 3.05) is 5.32 Å². The van der Waals surface area contributed by atoms with E-state index >= 15 is 0 Å². The molecule has 1 aromatic carbocycles. The number of urea groups is 1. The molecular formula is C19H19N3OS. The van der Waals surface area contributed by atoms with E-state index in [0.29, 0.717) is 6.54 Å². The molecular weight excluding hydrogens is 318 g/mol. The fourth-order valence-corrected chi connectivity index (χ4v) is 3.01. The molecule has 3 rings (SSSR count). The van der Waals surface area contributed by atoms with Crippen molar-refractivity contribution in [2.24, 2.45) is 0 Å². The molecule has 0 radical (unpaired) electrons. The van der Waals surface area contributed by atoms with Gasteiger partial charge in [-0.15, -0.1) is 11.3 Å². The maximum atomic E-state index is 12.1. The number of benzene rings is 1. The predicted octanol–water partition coefficient (Wildman–Crippen LogP) is 4.75. The van der Waals surface area contributed by atoms with Gasteiger partial charge >= 0.3 is 6.03 Å². The van der Waals surface area contributed by atoms with Crippen LogP contribution in [0.15, 0.2) is 54.0 Å². The van der Waals surface area contributed by atoms with Crippen LogP contribution in [0.2, 0.25) is 0 Å². The molecule has 0 aliphatic rings. The summed E-state index contributed by atoms with van der Waals surface area (Å²) in [6, 6.07) is 13.6. The number of thiophene rings is 1. The molecule has 2 aromatic heterocycles. The third-order valence-electron chi connectivity index (χ3n) is 3.82. The van der Waals surface area contributed by atoms with Crippen LogP contribution in [0, 0.1) is 13.8 Å². The monoisotopic (exact) mass is 337 g/mol. The fourth-order valence-electron chi connectivity index (χ4n) is 2.32. The quantitative estimate of drug-likeness (QED) is 0.722. The fraction of sp³-hybridized carbons (Fsp3) is 0.158. The van der Waals surface area contributed by atoms with Crippen molar-refractivity contribution in [3.63, 3.8) is 0 Å². The van der Waals surface area contributed by atoms with Crippen LogP contribution in [0.4, 0.5) is 10.5 Å². The van der Waals surface area contributed by atoms with Gasteiger partial charge in [-0.25, -0.2) is 4.79 Å². The number of carbonyl (C=O) groups excluding carboxylic acids is 1. The summed E-state index contributed by atoms with van der Waals surface area (Å²) in [4.78, 5) is 17.6. The van der Waals surface area contributed by atoms with Crippen molar-refractivity contribution in [3.8, 4) is 10.6 Å². The molecule has 2 amide bonds. The molecule has 0 unspecified atom stereocenters. The highest BCUT2D eigenvalue weighted by molar-refractivity contribution is 7.13. The minimum Gasteiger partial charge on any atom is -0.334 e. The number of amides is 2. The van der Waals surface area contributed by atoms with Gasteiger partial charge in [0.15, 0.2) is 0 Å². The highest BCUT2D eigenvalue weighted by Crippen LogP contribution is 2.23. The molecule has 2 heterocycles. The van der Waals surface area contributed by atoms with E-state index in [2.05, 4.69) is 15.6 Å². The van der Waals surface area contributed by atoms with E-state index in [1.54, 1.807) is 17.5 Å². The zero-order valence-electron chi connectivity index (χ0n) is 13.7. The number of aromatic nitrogens is 1. The number of aryl methyl sites for hydroxylation is 2. The van der Waals surface area contributed by atoms with Gasteiger partial charge in [0.05, 0.1) is 10.6 Å². The van der Waals surface area contributed by atoms with Gasteiger partial charge in [0, 0.05) is 18.4 Å². The summed E-state index contributed by atoms with van der Waals surface area (Å²) in [5.41, 5.74) is 5.11. The maximum absolute atomic E-state index is 12.1. The third-order valence-corrected chi connectivity index (χ3v) is 4.71. The van der Waals surface area contributed by atoms with Crippen LogP contribution in [0.3, 0.4) is 0 Å². The number of rotatable bonds is 4. The summed E-state index contributed by atoms with van der Waals surface area (Å²) in [6.07, 6.45) is 1.77. The number of anilines is 1. The van der Waals surface area contributed by atoms with Crippen LogP contribution >= 0.6 is 11.3 Å². The van der Waals surface area contributed by atoms with E-state index in [-0.39, 0.29) is 6.03 Å². The molecule has 0 saturated heterocycles. The van der Waals surface area contributed by atoms with Crippen molar-refractivity contribution >= 4 is 23.1 Å². The van der Waals surface area contributed by atoms with Crippen LogP contribution in [0.1, 0.15) is 16.7 Å². The lowest BCUT2D eigenvalue weighted by Crippen LogP contribution is -2.28. The second-order valence-corrected chi connectivity index (χ2v) is 6.58. The molecule has 0 aliphatic heterocycles. The van der Waals surface area contributed by atoms with Crippen LogP contribution in [0.5, 0.6) is 0 Å². The average Bonchev–Trinajstić information content (AvgIpc) is 3.11. The summed E-state index contributed by atoms with van der Waals surface area (Å²) in [5.74, 6) is 0. The minimum atomic E-state index is -0.215. The van der Waals surface area contributed by atoms with Gasteiger partial charge in [0.2, 0.25) is 0 Å². The summed E-state index contributed by atoms with van der Waals surface area (Å²) < 4.78 is 0. The Morgan fingerprint density at radius 3 is 2.75 bits per heavy atom. The van der Waals surface area contributed by atoms with E-state index in [4.69, 9.17) is 0 Å². The van der Waals surface area contributed by atoms with E-state index in [1.165, 1.54) is 5.56 Å². The average molecular weight is 337 g/mol. The first-order valence-corrected chi connectivity index (χ1v) is 8.61. The Kier molecular flexibility index (Phi) is 4.91. The zero-order chi connectivity index (χ0) is 16.9. The maximum Gasteiger partial charge on any atom is 0.319 e. The number of carbonyl (C=O) groups is 1. The van der Waals surface area contributed by atoms with E-state index in [0.717, 1.165) is 27.4 Å². The Bertz CT molecular complexity index is 844. The van der Waals surface area contributed by atoms with Crippen molar-refractivity contribution in [3.05, 3.63) is 70.7 Å². The third kappa shape index (κ3) is 4.00. The van der Waals surface area contributed by atoms with E-state index in [1.807, 2.05) is 61.7 Å². The summed E-state index contributed by atoms with van der Waals surface area (Å²) >= 11 is 1.65.